The van der Waals surface area contributed by atoms with Gasteiger partial charge >= 0.3 is 0 Å². The standard InChI is InChI=1S/C11H12BrIN4/c1-2-17-11(15-7-16-17)6-14-10-4-3-8(13)5-9(10)12/h3-5,7,14H,2,6H2,1H3. The fourth-order valence-corrected chi connectivity index (χ4v) is 2.93. The largest absolute Gasteiger partial charge is 0.377 e. The minimum absolute atomic E-state index is 0.674. The molecule has 2 aromatic rings. The number of halogens is 2. The Morgan fingerprint density at radius 2 is 2.29 bits per heavy atom. The van der Waals surface area contributed by atoms with Gasteiger partial charge in [0.05, 0.1) is 6.54 Å². The van der Waals surface area contributed by atoms with Crippen LogP contribution in [-0.4, -0.2) is 14.8 Å². The summed E-state index contributed by atoms with van der Waals surface area (Å²) < 4.78 is 4.15. The van der Waals surface area contributed by atoms with Gasteiger partial charge in [-0.1, -0.05) is 0 Å². The molecule has 1 aromatic heterocycles. The molecule has 0 amide bonds. The molecule has 0 fully saturated rings. The van der Waals surface area contributed by atoms with Crippen LogP contribution in [-0.2, 0) is 13.1 Å². The third-order valence-corrected chi connectivity index (χ3v) is 3.69. The molecule has 0 unspecified atom stereocenters. The number of anilines is 1. The highest BCUT2D eigenvalue weighted by Crippen LogP contribution is 2.24. The van der Waals surface area contributed by atoms with E-state index < -0.39 is 0 Å². The number of hydrogen-bond acceptors (Lipinski definition) is 3. The summed E-state index contributed by atoms with van der Waals surface area (Å²) in [5.74, 6) is 0.943. The normalized spacial score (nSPS) is 10.5. The van der Waals surface area contributed by atoms with E-state index in [0.717, 1.165) is 22.5 Å². The smallest absolute Gasteiger partial charge is 0.146 e. The number of hydrogen-bond donors (Lipinski definition) is 1. The van der Waals surface area contributed by atoms with Crippen molar-refractivity contribution in [3.63, 3.8) is 0 Å². The van der Waals surface area contributed by atoms with Gasteiger partial charge in [0.2, 0.25) is 0 Å². The first kappa shape index (κ1) is 12.8. The van der Waals surface area contributed by atoms with E-state index in [1.807, 2.05) is 4.68 Å². The molecule has 1 heterocycles. The molecule has 1 N–H and O–H groups in total. The average Bonchev–Trinajstić information content (AvgIpc) is 2.75. The van der Waals surface area contributed by atoms with Crippen LogP contribution in [0.1, 0.15) is 12.7 Å². The van der Waals surface area contributed by atoms with Gasteiger partial charge < -0.3 is 5.32 Å². The van der Waals surface area contributed by atoms with Crippen LogP contribution < -0.4 is 5.32 Å². The number of aromatic nitrogens is 3. The predicted molar refractivity (Wildman–Crippen MR) is 79.9 cm³/mol. The fraction of sp³-hybridized carbons (Fsp3) is 0.273. The van der Waals surface area contributed by atoms with Gasteiger partial charge in [0.1, 0.15) is 12.2 Å². The minimum Gasteiger partial charge on any atom is -0.377 e. The Bertz CT molecular complexity index is 512. The van der Waals surface area contributed by atoms with Gasteiger partial charge in [-0.05, 0) is 63.6 Å². The van der Waals surface area contributed by atoms with E-state index in [4.69, 9.17) is 0 Å². The number of rotatable bonds is 4. The molecule has 0 spiro atoms. The summed E-state index contributed by atoms with van der Waals surface area (Å²) in [6.07, 6.45) is 1.59. The molecule has 0 radical (unpaired) electrons. The van der Waals surface area contributed by atoms with E-state index >= 15 is 0 Å². The lowest BCUT2D eigenvalue weighted by Crippen LogP contribution is -2.09. The summed E-state index contributed by atoms with van der Waals surface area (Å²) in [6, 6.07) is 6.20. The van der Waals surface area contributed by atoms with E-state index in [2.05, 4.69) is 79.0 Å². The van der Waals surface area contributed by atoms with Crippen molar-refractivity contribution >= 4 is 44.2 Å². The predicted octanol–water partition coefficient (Wildman–Crippen LogP) is 3.28. The monoisotopic (exact) mass is 406 g/mol. The van der Waals surface area contributed by atoms with Crippen molar-refractivity contribution < 1.29 is 0 Å². The maximum atomic E-state index is 4.22. The number of benzene rings is 1. The molecule has 0 atom stereocenters. The molecule has 4 nitrogen and oxygen atoms in total. The van der Waals surface area contributed by atoms with Gasteiger partial charge in [0, 0.05) is 20.3 Å². The van der Waals surface area contributed by atoms with Crippen LogP contribution in [0.3, 0.4) is 0 Å². The molecule has 0 bridgehead atoms. The molecule has 0 aliphatic heterocycles. The Morgan fingerprint density at radius 3 is 3.00 bits per heavy atom. The van der Waals surface area contributed by atoms with Crippen LogP contribution in [0.2, 0.25) is 0 Å². The van der Waals surface area contributed by atoms with Crippen LogP contribution >= 0.6 is 38.5 Å². The summed E-state index contributed by atoms with van der Waals surface area (Å²) in [6.45, 7) is 3.57. The molecule has 90 valence electrons. The topological polar surface area (TPSA) is 42.7 Å². The Labute approximate surface area is 122 Å². The Morgan fingerprint density at radius 1 is 1.47 bits per heavy atom. The summed E-state index contributed by atoms with van der Waals surface area (Å²) >= 11 is 5.83. The lowest BCUT2D eigenvalue weighted by molar-refractivity contribution is 0.622. The zero-order valence-corrected chi connectivity index (χ0v) is 13.1. The molecule has 0 aliphatic carbocycles. The summed E-state index contributed by atoms with van der Waals surface area (Å²) in [7, 11) is 0. The maximum absolute atomic E-state index is 4.22. The second-order valence-corrected chi connectivity index (χ2v) is 5.57. The first-order chi connectivity index (χ1) is 8.20. The van der Waals surface area contributed by atoms with Crippen molar-refractivity contribution in [2.75, 3.05) is 5.32 Å². The van der Waals surface area contributed by atoms with E-state index in [-0.39, 0.29) is 0 Å². The summed E-state index contributed by atoms with van der Waals surface area (Å²) in [5, 5.41) is 7.48. The summed E-state index contributed by atoms with van der Waals surface area (Å²) in [4.78, 5) is 4.22. The minimum atomic E-state index is 0.674. The molecule has 17 heavy (non-hydrogen) atoms. The van der Waals surface area contributed by atoms with Crippen molar-refractivity contribution in [3.8, 4) is 0 Å². The van der Waals surface area contributed by atoms with Crippen molar-refractivity contribution in [1.29, 1.82) is 0 Å². The van der Waals surface area contributed by atoms with E-state index in [1.54, 1.807) is 6.33 Å². The zero-order valence-electron chi connectivity index (χ0n) is 9.32. The molecule has 2 rings (SSSR count). The van der Waals surface area contributed by atoms with Gasteiger partial charge in [-0.25, -0.2) is 9.67 Å². The zero-order chi connectivity index (χ0) is 12.3. The van der Waals surface area contributed by atoms with E-state index in [0.29, 0.717) is 6.54 Å². The van der Waals surface area contributed by atoms with Crippen LogP contribution in [0.15, 0.2) is 29.0 Å². The van der Waals surface area contributed by atoms with Gasteiger partial charge in [-0.3, -0.25) is 0 Å². The Balaban J connectivity index is 2.07. The third-order valence-electron chi connectivity index (χ3n) is 2.36. The highest BCUT2D eigenvalue weighted by Gasteiger charge is 2.04. The second kappa shape index (κ2) is 5.81. The number of nitrogens with one attached hydrogen (secondary N) is 1. The van der Waals surface area contributed by atoms with Gasteiger partial charge in [0.15, 0.2) is 0 Å². The lowest BCUT2D eigenvalue weighted by atomic mass is 10.3. The molecule has 0 saturated carbocycles. The lowest BCUT2D eigenvalue weighted by Gasteiger charge is -2.09. The molecular weight excluding hydrogens is 395 g/mol. The number of nitrogens with zero attached hydrogens (tertiary/aromatic N) is 3. The van der Waals surface area contributed by atoms with Crippen molar-refractivity contribution in [2.24, 2.45) is 0 Å². The first-order valence-corrected chi connectivity index (χ1v) is 7.13. The van der Waals surface area contributed by atoms with Gasteiger partial charge in [-0.15, -0.1) is 0 Å². The van der Waals surface area contributed by atoms with E-state index in [9.17, 15) is 0 Å². The van der Waals surface area contributed by atoms with Crippen LogP contribution in [0, 0.1) is 3.57 Å². The van der Waals surface area contributed by atoms with Crippen molar-refractivity contribution in [3.05, 3.63) is 38.4 Å². The summed E-state index contributed by atoms with van der Waals surface area (Å²) in [5.41, 5.74) is 1.07. The van der Waals surface area contributed by atoms with E-state index in [1.165, 1.54) is 3.57 Å². The highest BCUT2D eigenvalue weighted by atomic mass is 127. The molecule has 0 aliphatic rings. The van der Waals surface area contributed by atoms with Crippen molar-refractivity contribution in [1.82, 2.24) is 14.8 Å². The van der Waals surface area contributed by atoms with Crippen LogP contribution in [0.4, 0.5) is 5.69 Å². The molecule has 1 aromatic carbocycles. The maximum Gasteiger partial charge on any atom is 0.146 e. The first-order valence-electron chi connectivity index (χ1n) is 5.26. The number of aryl methyl sites for hydroxylation is 1. The van der Waals surface area contributed by atoms with Crippen LogP contribution in [0.25, 0.3) is 0 Å². The van der Waals surface area contributed by atoms with Crippen molar-refractivity contribution in [2.45, 2.75) is 20.0 Å². The second-order valence-electron chi connectivity index (χ2n) is 3.47. The highest BCUT2D eigenvalue weighted by molar-refractivity contribution is 14.1. The van der Waals surface area contributed by atoms with Crippen LogP contribution in [0.5, 0.6) is 0 Å². The molecule has 0 saturated heterocycles. The molecule has 6 heteroatoms. The quantitative estimate of drug-likeness (QED) is 0.792. The Hall–Kier alpha value is -0.630. The molecular formula is C11H12BrIN4. The third kappa shape index (κ3) is 3.19. The van der Waals surface area contributed by atoms with Gasteiger partial charge in [-0.2, -0.15) is 5.10 Å². The average molecular weight is 407 g/mol. The Kier molecular flexibility index (Phi) is 4.38. The van der Waals surface area contributed by atoms with Gasteiger partial charge in [0.25, 0.3) is 0 Å². The fourth-order valence-electron chi connectivity index (χ4n) is 1.50. The SMILES string of the molecule is CCn1ncnc1CNc1ccc(I)cc1Br.